The standard InChI is InChI=1S/C12H9ClN2O2S/c13-9-3-1-8(2-4-9)10-5-6-11(15-14-10)18-7-12(16)17/h1-6H,7H2,(H,16,17). The zero-order chi connectivity index (χ0) is 13.0. The van der Waals surface area contributed by atoms with Crippen molar-refractivity contribution in [2.75, 3.05) is 5.75 Å². The first-order valence-corrected chi connectivity index (χ1v) is 6.46. The number of aliphatic carboxylic acids is 1. The van der Waals surface area contributed by atoms with Gasteiger partial charge < -0.3 is 5.11 Å². The number of hydrogen-bond donors (Lipinski definition) is 1. The number of benzene rings is 1. The van der Waals surface area contributed by atoms with E-state index in [-0.39, 0.29) is 5.75 Å². The molecule has 1 N–H and O–H groups in total. The topological polar surface area (TPSA) is 63.1 Å². The van der Waals surface area contributed by atoms with Gasteiger partial charge in [-0.25, -0.2) is 0 Å². The molecule has 0 amide bonds. The maximum Gasteiger partial charge on any atom is 0.313 e. The van der Waals surface area contributed by atoms with Gasteiger partial charge in [-0.05, 0) is 24.3 Å². The summed E-state index contributed by atoms with van der Waals surface area (Å²) in [4.78, 5) is 10.4. The molecule has 6 heteroatoms. The van der Waals surface area contributed by atoms with Gasteiger partial charge in [-0.15, -0.1) is 10.2 Å². The molecule has 1 heterocycles. The lowest BCUT2D eigenvalue weighted by Gasteiger charge is -2.01. The average molecular weight is 281 g/mol. The summed E-state index contributed by atoms with van der Waals surface area (Å²) in [5.41, 5.74) is 1.65. The average Bonchev–Trinajstić information content (AvgIpc) is 2.38. The van der Waals surface area contributed by atoms with Crippen molar-refractivity contribution in [3.63, 3.8) is 0 Å². The van der Waals surface area contributed by atoms with Gasteiger partial charge in [-0.1, -0.05) is 35.5 Å². The summed E-state index contributed by atoms with van der Waals surface area (Å²) in [5.74, 6) is -0.891. The minimum atomic E-state index is -0.872. The number of carbonyl (C=O) groups is 1. The smallest absolute Gasteiger partial charge is 0.313 e. The van der Waals surface area contributed by atoms with Crippen LogP contribution in [0.5, 0.6) is 0 Å². The van der Waals surface area contributed by atoms with Crippen LogP contribution in [0.15, 0.2) is 41.4 Å². The zero-order valence-electron chi connectivity index (χ0n) is 9.21. The fraction of sp³-hybridized carbons (Fsp3) is 0.0833. The van der Waals surface area contributed by atoms with Crippen LogP contribution in [0, 0.1) is 0 Å². The van der Waals surface area contributed by atoms with E-state index in [9.17, 15) is 4.79 Å². The summed E-state index contributed by atoms with van der Waals surface area (Å²) >= 11 is 6.94. The van der Waals surface area contributed by atoms with E-state index in [1.165, 1.54) is 0 Å². The molecule has 0 fully saturated rings. The molecule has 0 unspecified atom stereocenters. The molecule has 0 spiro atoms. The van der Waals surface area contributed by atoms with E-state index >= 15 is 0 Å². The number of halogens is 1. The third-order valence-electron chi connectivity index (χ3n) is 2.12. The SMILES string of the molecule is O=C(O)CSc1ccc(-c2ccc(Cl)cc2)nn1. The van der Waals surface area contributed by atoms with Gasteiger partial charge in [0.2, 0.25) is 0 Å². The number of thioether (sulfide) groups is 1. The van der Waals surface area contributed by atoms with E-state index < -0.39 is 5.97 Å². The Kier molecular flexibility index (Phi) is 4.17. The number of carboxylic acids is 1. The van der Waals surface area contributed by atoms with E-state index in [4.69, 9.17) is 16.7 Å². The molecule has 0 atom stereocenters. The largest absolute Gasteiger partial charge is 0.481 e. The third kappa shape index (κ3) is 3.45. The first-order chi connectivity index (χ1) is 8.65. The Hall–Kier alpha value is -1.59. The lowest BCUT2D eigenvalue weighted by Crippen LogP contribution is -1.98. The Bertz CT molecular complexity index is 543. The first kappa shape index (κ1) is 12.9. The van der Waals surface area contributed by atoms with Crippen molar-refractivity contribution >= 4 is 29.3 Å². The van der Waals surface area contributed by atoms with Crippen molar-refractivity contribution in [3.05, 3.63) is 41.4 Å². The molecule has 0 radical (unpaired) electrons. The third-order valence-corrected chi connectivity index (χ3v) is 3.28. The monoisotopic (exact) mass is 280 g/mol. The molecule has 0 saturated heterocycles. The number of hydrogen-bond acceptors (Lipinski definition) is 4. The lowest BCUT2D eigenvalue weighted by atomic mass is 10.1. The number of rotatable bonds is 4. The molecule has 0 saturated carbocycles. The van der Waals surface area contributed by atoms with E-state index in [1.807, 2.05) is 12.1 Å². The lowest BCUT2D eigenvalue weighted by molar-refractivity contribution is -0.133. The van der Waals surface area contributed by atoms with Crippen molar-refractivity contribution in [1.29, 1.82) is 0 Å². The van der Waals surface area contributed by atoms with Gasteiger partial charge in [0.15, 0.2) is 0 Å². The Labute approximate surface area is 113 Å². The van der Waals surface area contributed by atoms with Crippen LogP contribution in [-0.2, 0) is 4.79 Å². The van der Waals surface area contributed by atoms with Gasteiger partial charge in [0.05, 0.1) is 11.4 Å². The molecule has 4 nitrogen and oxygen atoms in total. The van der Waals surface area contributed by atoms with E-state index in [2.05, 4.69) is 10.2 Å². The van der Waals surface area contributed by atoms with Crippen LogP contribution in [-0.4, -0.2) is 27.0 Å². The van der Waals surface area contributed by atoms with Gasteiger partial charge >= 0.3 is 5.97 Å². The molecule has 0 bridgehead atoms. The van der Waals surface area contributed by atoms with Gasteiger partial charge in [-0.3, -0.25) is 4.79 Å². The Morgan fingerprint density at radius 2 is 1.89 bits per heavy atom. The quantitative estimate of drug-likeness (QED) is 0.873. The van der Waals surface area contributed by atoms with Crippen LogP contribution >= 0.6 is 23.4 Å². The van der Waals surface area contributed by atoms with Crippen LogP contribution in [0.25, 0.3) is 11.3 Å². The molecule has 0 aliphatic heterocycles. The Morgan fingerprint density at radius 1 is 1.17 bits per heavy atom. The summed E-state index contributed by atoms with van der Waals surface area (Å²) in [6.07, 6.45) is 0. The molecule has 1 aromatic carbocycles. The van der Waals surface area contributed by atoms with Crippen LogP contribution in [0.2, 0.25) is 5.02 Å². The highest BCUT2D eigenvalue weighted by atomic mass is 35.5. The van der Waals surface area contributed by atoms with E-state index in [0.717, 1.165) is 23.0 Å². The molecule has 0 aliphatic rings. The Morgan fingerprint density at radius 3 is 2.44 bits per heavy atom. The summed E-state index contributed by atoms with van der Waals surface area (Å²) < 4.78 is 0. The van der Waals surface area contributed by atoms with Crippen molar-refractivity contribution in [2.45, 2.75) is 5.03 Å². The van der Waals surface area contributed by atoms with Gasteiger partial charge in [0, 0.05) is 10.6 Å². The highest BCUT2D eigenvalue weighted by molar-refractivity contribution is 7.99. The molecule has 0 aliphatic carbocycles. The second-order valence-corrected chi connectivity index (χ2v) is 4.88. The molecule has 92 valence electrons. The maximum atomic E-state index is 10.4. The van der Waals surface area contributed by atoms with Crippen molar-refractivity contribution in [1.82, 2.24) is 10.2 Å². The first-order valence-electron chi connectivity index (χ1n) is 5.09. The molecule has 2 rings (SSSR count). The fourth-order valence-electron chi connectivity index (χ4n) is 1.31. The fourth-order valence-corrected chi connectivity index (χ4v) is 1.97. The summed E-state index contributed by atoms with van der Waals surface area (Å²) in [7, 11) is 0. The summed E-state index contributed by atoms with van der Waals surface area (Å²) in [6.45, 7) is 0. The zero-order valence-corrected chi connectivity index (χ0v) is 10.8. The van der Waals surface area contributed by atoms with E-state index in [0.29, 0.717) is 10.0 Å². The van der Waals surface area contributed by atoms with Crippen molar-refractivity contribution in [2.24, 2.45) is 0 Å². The second-order valence-electron chi connectivity index (χ2n) is 3.45. The number of carboxylic acid groups (broad SMARTS) is 1. The van der Waals surface area contributed by atoms with Crippen LogP contribution in [0.4, 0.5) is 0 Å². The highest BCUT2D eigenvalue weighted by Crippen LogP contribution is 2.21. The van der Waals surface area contributed by atoms with Gasteiger partial charge in [-0.2, -0.15) is 0 Å². The molecular weight excluding hydrogens is 272 g/mol. The second kappa shape index (κ2) is 5.84. The van der Waals surface area contributed by atoms with Crippen LogP contribution in [0.1, 0.15) is 0 Å². The predicted molar refractivity (Wildman–Crippen MR) is 70.8 cm³/mol. The van der Waals surface area contributed by atoms with Crippen LogP contribution < -0.4 is 0 Å². The van der Waals surface area contributed by atoms with Gasteiger partial charge in [0.1, 0.15) is 5.03 Å². The molecular formula is C12H9ClN2O2S. The molecule has 18 heavy (non-hydrogen) atoms. The van der Waals surface area contributed by atoms with Crippen molar-refractivity contribution in [3.8, 4) is 11.3 Å². The normalized spacial score (nSPS) is 10.3. The Balaban J connectivity index is 2.12. The van der Waals surface area contributed by atoms with Crippen molar-refractivity contribution < 1.29 is 9.90 Å². The maximum absolute atomic E-state index is 10.4. The molecule has 2 aromatic rings. The minimum absolute atomic E-state index is 0.0189. The van der Waals surface area contributed by atoms with Gasteiger partial charge in [0.25, 0.3) is 0 Å². The van der Waals surface area contributed by atoms with Crippen LogP contribution in [0.3, 0.4) is 0 Å². The number of nitrogens with zero attached hydrogens (tertiary/aromatic N) is 2. The highest BCUT2D eigenvalue weighted by Gasteiger charge is 2.03. The van der Waals surface area contributed by atoms with E-state index in [1.54, 1.807) is 24.3 Å². The number of aromatic nitrogens is 2. The minimum Gasteiger partial charge on any atom is -0.481 e. The summed E-state index contributed by atoms with van der Waals surface area (Å²) in [6, 6.07) is 10.8. The predicted octanol–water partition coefficient (Wildman–Crippen LogP) is 2.97. The summed E-state index contributed by atoms with van der Waals surface area (Å²) in [5, 5.41) is 17.8. The molecule has 1 aromatic heterocycles.